The summed E-state index contributed by atoms with van der Waals surface area (Å²) in [6, 6.07) is 14.4. The Balaban J connectivity index is 2.14. The summed E-state index contributed by atoms with van der Waals surface area (Å²) in [5.41, 5.74) is 1.25. The first-order valence-electron chi connectivity index (χ1n) is 5.63. The normalized spacial score (nSPS) is 9.39. The molecular weight excluding hydrogens is 340 g/mol. The molecule has 90 valence electrons. The number of carbonyl (C=O) groups is 1. The Bertz CT molecular complexity index is 588. The maximum absolute atomic E-state index is 11.1. The van der Waals surface area contributed by atoms with Crippen molar-refractivity contribution in [3.8, 4) is 21.0 Å². The van der Waals surface area contributed by atoms with Gasteiger partial charge in [-0.15, -0.1) is 0 Å². The van der Waals surface area contributed by atoms with Gasteiger partial charge in [-0.2, -0.15) is 0 Å². The molecule has 3 heteroatoms. The Hall–Kier alpha value is -1.48. The number of hydrogen-bond acceptors (Lipinski definition) is 2. The van der Waals surface area contributed by atoms with Gasteiger partial charge in [-0.25, -0.2) is 0 Å². The van der Waals surface area contributed by atoms with Crippen molar-refractivity contribution in [2.75, 3.05) is 6.61 Å². The van der Waals surface area contributed by atoms with E-state index in [0.717, 1.165) is 3.58 Å². The number of carbonyl (C=O) groups excluding carboxylic acids is 1. The summed E-state index contributed by atoms with van der Waals surface area (Å²) in [6.45, 7) is 2.15. The van der Waals surface area contributed by atoms with Crippen molar-refractivity contribution in [2.24, 2.45) is 0 Å². The third kappa shape index (κ3) is 3.50. The van der Waals surface area contributed by atoms with Crippen LogP contribution in [0, 0.1) is 11.8 Å². The van der Waals surface area contributed by atoms with E-state index in [-0.39, 0.29) is 0 Å². The van der Waals surface area contributed by atoms with Crippen LogP contribution in [0.4, 0.5) is 0 Å². The Kier molecular flexibility index (Phi) is 4.65. The van der Waals surface area contributed by atoms with E-state index in [9.17, 15) is 4.79 Å². The van der Waals surface area contributed by atoms with Gasteiger partial charge in [0.25, 0.3) is 0 Å². The van der Waals surface area contributed by atoms with Crippen LogP contribution in [-0.4, -0.2) is 33.0 Å². The molecule has 0 radical (unpaired) electrons. The Labute approximate surface area is 116 Å². The van der Waals surface area contributed by atoms with Crippen molar-refractivity contribution in [1.29, 1.82) is 0 Å². The minimum atomic E-state index is -0.459. The molecular formula is C15H12O2Te. The summed E-state index contributed by atoms with van der Waals surface area (Å²) in [5.74, 6) is 4.98. The Morgan fingerprint density at radius 1 is 1.22 bits per heavy atom. The molecule has 2 aromatic rings. The molecule has 0 N–H and O–H groups in total. The van der Waals surface area contributed by atoms with Crippen molar-refractivity contribution < 1.29 is 9.53 Å². The summed E-state index contributed by atoms with van der Waals surface area (Å²) in [4.78, 5) is 11.1. The maximum atomic E-state index is 11.1. The zero-order chi connectivity index (χ0) is 12.8. The van der Waals surface area contributed by atoms with Gasteiger partial charge in [0.15, 0.2) is 0 Å². The van der Waals surface area contributed by atoms with Crippen LogP contribution in [0.15, 0.2) is 42.5 Å². The second-order valence-electron chi connectivity index (χ2n) is 3.50. The molecule has 18 heavy (non-hydrogen) atoms. The Morgan fingerprint density at radius 2 is 2.00 bits per heavy atom. The van der Waals surface area contributed by atoms with E-state index in [4.69, 9.17) is 4.74 Å². The van der Waals surface area contributed by atoms with Gasteiger partial charge in [-0.3, -0.25) is 0 Å². The van der Waals surface area contributed by atoms with Gasteiger partial charge in [0.05, 0.1) is 0 Å². The zero-order valence-corrected chi connectivity index (χ0v) is 12.3. The van der Waals surface area contributed by atoms with Crippen LogP contribution < -0.4 is 0 Å². The van der Waals surface area contributed by atoms with Crippen LogP contribution in [0.2, 0.25) is 0 Å². The molecule has 0 unspecified atom stereocenters. The molecule has 0 aliphatic rings. The van der Waals surface area contributed by atoms with Crippen LogP contribution >= 0.6 is 0 Å². The molecule has 0 fully saturated rings. The second kappa shape index (κ2) is 6.45. The molecule has 2 nitrogen and oxygen atoms in total. The van der Waals surface area contributed by atoms with Crippen LogP contribution in [0.5, 0.6) is 0 Å². The van der Waals surface area contributed by atoms with Crippen LogP contribution in [-0.2, 0) is 9.53 Å². The summed E-state index contributed by atoms with van der Waals surface area (Å²) in [7, 11) is 0. The standard InChI is InChI=1S/C15H12O2Te/c1-2-17-15(16)11-9-13-8-10-14(18-13)12-6-4-3-5-7-12/h3-8,10H,2H2,1H3. The van der Waals surface area contributed by atoms with Gasteiger partial charge in [0.2, 0.25) is 0 Å². The number of ether oxygens (including phenoxy) is 1. The fraction of sp³-hybridized carbons (Fsp3) is 0.133. The first-order valence-corrected chi connectivity index (χ1v) is 7.96. The fourth-order valence-corrected chi connectivity index (χ4v) is 3.91. The van der Waals surface area contributed by atoms with Crippen molar-refractivity contribution in [3.63, 3.8) is 0 Å². The fourth-order valence-electron chi connectivity index (χ4n) is 1.44. The first-order chi connectivity index (χ1) is 8.79. The molecule has 0 saturated heterocycles. The average Bonchev–Trinajstić information content (AvgIpc) is 2.87. The molecule has 0 atom stereocenters. The molecule has 0 amide bonds. The molecule has 0 aliphatic heterocycles. The Morgan fingerprint density at radius 3 is 2.72 bits per heavy atom. The van der Waals surface area contributed by atoms with E-state index >= 15 is 0 Å². The van der Waals surface area contributed by atoms with Crippen molar-refractivity contribution in [2.45, 2.75) is 6.92 Å². The van der Waals surface area contributed by atoms with E-state index in [1.165, 1.54) is 9.14 Å². The van der Waals surface area contributed by atoms with E-state index < -0.39 is 26.4 Å². The molecule has 0 saturated carbocycles. The summed E-state index contributed by atoms with van der Waals surface area (Å²) in [6.07, 6.45) is 0. The summed E-state index contributed by atoms with van der Waals surface area (Å²) >= 11 is -0.459. The quantitative estimate of drug-likeness (QED) is 0.471. The van der Waals surface area contributed by atoms with E-state index in [2.05, 4.69) is 30.0 Å². The summed E-state index contributed by atoms with van der Waals surface area (Å²) < 4.78 is 7.20. The van der Waals surface area contributed by atoms with Gasteiger partial charge in [-0.05, 0) is 0 Å². The molecule has 0 bridgehead atoms. The number of benzene rings is 1. The van der Waals surface area contributed by atoms with Gasteiger partial charge in [-0.1, -0.05) is 0 Å². The van der Waals surface area contributed by atoms with Crippen molar-refractivity contribution >= 4 is 26.4 Å². The molecule has 2 rings (SSSR count). The van der Waals surface area contributed by atoms with Gasteiger partial charge < -0.3 is 0 Å². The van der Waals surface area contributed by atoms with Gasteiger partial charge in [0.1, 0.15) is 0 Å². The predicted octanol–water partition coefficient (Wildman–Crippen LogP) is 2.33. The zero-order valence-electron chi connectivity index (χ0n) is 9.97. The third-order valence-corrected chi connectivity index (χ3v) is 5.22. The van der Waals surface area contributed by atoms with Crippen LogP contribution in [0.1, 0.15) is 10.5 Å². The number of rotatable bonds is 2. The van der Waals surface area contributed by atoms with Gasteiger partial charge >= 0.3 is 116 Å². The molecule has 1 heterocycles. The SMILES string of the molecule is CCOC(=O)C#Cc1ccc(-c2ccccc2)[te]1. The minimum absolute atomic E-state index is 0.372. The van der Waals surface area contributed by atoms with Crippen LogP contribution in [0.25, 0.3) is 9.14 Å². The number of esters is 1. The van der Waals surface area contributed by atoms with Gasteiger partial charge in [0, 0.05) is 0 Å². The van der Waals surface area contributed by atoms with Crippen molar-refractivity contribution in [3.05, 3.63) is 46.0 Å². The summed E-state index contributed by atoms with van der Waals surface area (Å²) in [5, 5.41) is 0. The monoisotopic (exact) mass is 354 g/mol. The average molecular weight is 352 g/mol. The number of hydrogen-bond donors (Lipinski definition) is 0. The first kappa shape index (κ1) is 13.0. The van der Waals surface area contributed by atoms with Crippen LogP contribution in [0.3, 0.4) is 0 Å². The third-order valence-electron chi connectivity index (χ3n) is 2.23. The predicted molar refractivity (Wildman–Crippen MR) is 72.3 cm³/mol. The topological polar surface area (TPSA) is 26.3 Å². The molecule has 0 aliphatic carbocycles. The molecule has 1 aromatic carbocycles. The molecule has 0 spiro atoms. The van der Waals surface area contributed by atoms with E-state index in [1.54, 1.807) is 6.92 Å². The second-order valence-corrected chi connectivity index (χ2v) is 6.59. The van der Waals surface area contributed by atoms with E-state index in [0.29, 0.717) is 6.61 Å². The molecule has 1 aromatic heterocycles. The van der Waals surface area contributed by atoms with Crippen molar-refractivity contribution in [1.82, 2.24) is 0 Å². The van der Waals surface area contributed by atoms with E-state index in [1.807, 2.05) is 24.3 Å².